The first-order chi connectivity index (χ1) is 6.97. The maximum absolute atomic E-state index is 11.5. The molecule has 2 unspecified atom stereocenters. The number of nitrogens with zero attached hydrogens (tertiary/aromatic N) is 1. The number of β-lactam (4-membered cyclic amide) rings is 1. The van der Waals surface area contributed by atoms with E-state index in [0.717, 1.165) is 0 Å². The van der Waals surface area contributed by atoms with Crippen molar-refractivity contribution < 1.29 is 9.59 Å². The molecule has 0 radical (unpaired) electrons. The Labute approximate surface area is 100 Å². The molecule has 7 heteroatoms. The van der Waals surface area contributed by atoms with Crippen LogP contribution in [0.5, 0.6) is 0 Å². The van der Waals surface area contributed by atoms with Gasteiger partial charge in [0.2, 0.25) is 11.8 Å². The number of imide groups is 1. The van der Waals surface area contributed by atoms with Crippen LogP contribution in [0.15, 0.2) is 0 Å². The van der Waals surface area contributed by atoms with Gasteiger partial charge in [-0.1, -0.05) is 6.92 Å². The normalized spacial score (nSPS) is 20.5. The molecule has 4 N–H and O–H groups in total. The van der Waals surface area contributed by atoms with Crippen molar-refractivity contribution in [2.24, 2.45) is 11.7 Å². The average molecular weight is 249 g/mol. The molecule has 0 saturated carbocycles. The third kappa shape index (κ3) is 2.85. The van der Waals surface area contributed by atoms with Crippen LogP contribution in [0.25, 0.3) is 0 Å². The van der Waals surface area contributed by atoms with E-state index in [0.29, 0.717) is 13.0 Å². The van der Waals surface area contributed by atoms with E-state index in [2.05, 4.69) is 5.32 Å². The molecule has 1 heterocycles. The Morgan fingerprint density at radius 2 is 2.31 bits per heavy atom. The quantitative estimate of drug-likeness (QED) is 0.362. The van der Waals surface area contributed by atoms with Gasteiger partial charge in [-0.05, 0) is 6.42 Å². The molecule has 92 valence electrons. The lowest BCUT2D eigenvalue weighted by atomic mass is 9.89. The number of nitrogens with one attached hydrogen (secondary N) is 2. The van der Waals surface area contributed by atoms with Crippen LogP contribution in [0.3, 0.4) is 0 Å². The predicted octanol–water partition coefficient (Wildman–Crippen LogP) is -0.325. The number of guanidine groups is 1. The largest absolute Gasteiger partial charge is 0.370 e. The number of carbonyl (C=O) groups excluding carboxylic acids is 2. The number of halogens is 1. The van der Waals surface area contributed by atoms with Gasteiger partial charge >= 0.3 is 0 Å². The van der Waals surface area contributed by atoms with Gasteiger partial charge in [-0.3, -0.25) is 19.9 Å². The lowest BCUT2D eigenvalue weighted by molar-refractivity contribution is -0.158. The van der Waals surface area contributed by atoms with Gasteiger partial charge < -0.3 is 11.1 Å². The molecule has 0 spiro atoms. The monoisotopic (exact) mass is 248 g/mol. The minimum atomic E-state index is -0.234. The van der Waals surface area contributed by atoms with E-state index in [1.54, 1.807) is 0 Å². The lowest BCUT2D eigenvalue weighted by Gasteiger charge is -2.40. The second-order valence-corrected chi connectivity index (χ2v) is 3.65. The number of rotatable bonds is 3. The second-order valence-electron chi connectivity index (χ2n) is 3.65. The first-order valence-corrected chi connectivity index (χ1v) is 4.89. The molecule has 16 heavy (non-hydrogen) atoms. The first-order valence-electron chi connectivity index (χ1n) is 4.89. The Bertz CT molecular complexity index is 308. The first kappa shape index (κ1) is 14.7. The van der Waals surface area contributed by atoms with Crippen LogP contribution in [0.4, 0.5) is 0 Å². The van der Waals surface area contributed by atoms with Gasteiger partial charge in [0, 0.05) is 19.5 Å². The zero-order valence-electron chi connectivity index (χ0n) is 9.32. The number of hydrogen-bond acceptors (Lipinski definition) is 3. The van der Waals surface area contributed by atoms with Gasteiger partial charge in [-0.25, -0.2) is 0 Å². The van der Waals surface area contributed by atoms with Crippen molar-refractivity contribution in [2.45, 2.75) is 26.3 Å². The van der Waals surface area contributed by atoms with E-state index >= 15 is 0 Å². The fourth-order valence-corrected chi connectivity index (χ4v) is 1.72. The molecular formula is C9H17ClN4O2. The van der Waals surface area contributed by atoms with Gasteiger partial charge in [0.05, 0.1) is 5.92 Å². The summed E-state index contributed by atoms with van der Waals surface area (Å²) < 4.78 is 0. The summed E-state index contributed by atoms with van der Waals surface area (Å²) >= 11 is 0. The zero-order valence-corrected chi connectivity index (χ0v) is 10.1. The van der Waals surface area contributed by atoms with E-state index in [1.807, 2.05) is 6.92 Å². The van der Waals surface area contributed by atoms with Crippen LogP contribution in [0, 0.1) is 11.3 Å². The highest BCUT2D eigenvalue weighted by Crippen LogP contribution is 2.22. The molecule has 1 rings (SSSR count). The Hall–Kier alpha value is -1.30. The lowest BCUT2D eigenvalue weighted by Crippen LogP contribution is -2.62. The molecule has 0 aromatic carbocycles. The molecule has 0 aliphatic carbocycles. The van der Waals surface area contributed by atoms with Crippen molar-refractivity contribution in [1.82, 2.24) is 10.2 Å². The smallest absolute Gasteiger partial charge is 0.236 e. The Morgan fingerprint density at radius 1 is 1.75 bits per heavy atom. The Kier molecular flexibility index (Phi) is 5.23. The van der Waals surface area contributed by atoms with Gasteiger partial charge in [0.15, 0.2) is 5.96 Å². The standard InChI is InChI=1S/C9H16N4O2.ClH/c1-3-7(12-9(10)11)6-4-13(5(2)14)8(6)15;/h6-7H,3-4H2,1-2H3,(H4,10,11,12);1H. The van der Waals surface area contributed by atoms with Gasteiger partial charge in [0.1, 0.15) is 0 Å². The summed E-state index contributed by atoms with van der Waals surface area (Å²) in [5.74, 6) is -0.782. The molecule has 0 aromatic rings. The summed E-state index contributed by atoms with van der Waals surface area (Å²) in [6.45, 7) is 3.70. The summed E-state index contributed by atoms with van der Waals surface area (Å²) in [4.78, 5) is 23.7. The van der Waals surface area contributed by atoms with E-state index < -0.39 is 0 Å². The fraction of sp³-hybridized carbons (Fsp3) is 0.667. The molecule has 1 fully saturated rings. The third-order valence-electron chi connectivity index (χ3n) is 2.61. The average Bonchev–Trinajstić information content (AvgIpc) is 2.12. The van der Waals surface area contributed by atoms with Crippen molar-refractivity contribution >= 4 is 30.2 Å². The maximum Gasteiger partial charge on any atom is 0.236 e. The second kappa shape index (κ2) is 5.69. The molecule has 6 nitrogen and oxygen atoms in total. The van der Waals surface area contributed by atoms with E-state index in [9.17, 15) is 9.59 Å². The van der Waals surface area contributed by atoms with Gasteiger partial charge in [0.25, 0.3) is 0 Å². The van der Waals surface area contributed by atoms with Crippen LogP contribution in [0.1, 0.15) is 20.3 Å². The van der Waals surface area contributed by atoms with Crippen LogP contribution < -0.4 is 11.1 Å². The van der Waals surface area contributed by atoms with Crippen molar-refractivity contribution in [1.29, 1.82) is 5.41 Å². The highest BCUT2D eigenvalue weighted by atomic mass is 35.5. The van der Waals surface area contributed by atoms with E-state index in [-0.39, 0.29) is 42.1 Å². The number of nitrogens with two attached hydrogens (primary N) is 1. The minimum absolute atomic E-state index is 0. The van der Waals surface area contributed by atoms with Gasteiger partial charge in [-0.15, -0.1) is 12.4 Å². The predicted molar refractivity (Wildman–Crippen MR) is 62.3 cm³/mol. The highest BCUT2D eigenvalue weighted by Gasteiger charge is 2.43. The Balaban J connectivity index is 0.00000225. The molecule has 0 bridgehead atoms. The Morgan fingerprint density at radius 3 is 2.62 bits per heavy atom. The summed E-state index contributed by atoms with van der Waals surface area (Å²) in [6, 6.07) is -0.148. The van der Waals surface area contributed by atoms with Crippen LogP contribution >= 0.6 is 12.4 Å². The van der Waals surface area contributed by atoms with Crippen molar-refractivity contribution in [3.05, 3.63) is 0 Å². The molecule has 1 aliphatic heterocycles. The molecule has 0 aromatic heterocycles. The highest BCUT2D eigenvalue weighted by molar-refractivity contribution is 6.00. The summed E-state index contributed by atoms with van der Waals surface area (Å²) in [5, 5.41) is 9.82. The molecular weight excluding hydrogens is 232 g/mol. The number of hydrogen-bond donors (Lipinski definition) is 3. The van der Waals surface area contributed by atoms with Crippen LogP contribution in [-0.2, 0) is 9.59 Å². The number of amides is 2. The minimum Gasteiger partial charge on any atom is -0.370 e. The maximum atomic E-state index is 11.5. The number of likely N-dealkylation sites (tertiary alicyclic amines) is 1. The van der Waals surface area contributed by atoms with E-state index in [1.165, 1.54) is 11.8 Å². The van der Waals surface area contributed by atoms with E-state index in [4.69, 9.17) is 11.1 Å². The molecule has 1 saturated heterocycles. The summed E-state index contributed by atoms with van der Waals surface area (Å²) in [6.07, 6.45) is 0.696. The van der Waals surface area contributed by atoms with Crippen molar-refractivity contribution in [3.8, 4) is 0 Å². The molecule has 2 amide bonds. The van der Waals surface area contributed by atoms with Gasteiger partial charge in [-0.2, -0.15) is 0 Å². The molecule has 1 aliphatic rings. The summed E-state index contributed by atoms with van der Waals surface area (Å²) in [7, 11) is 0. The third-order valence-corrected chi connectivity index (χ3v) is 2.61. The SMILES string of the molecule is CCC(NC(=N)N)C1CN(C(C)=O)C1=O.Cl. The van der Waals surface area contributed by atoms with Crippen LogP contribution in [0.2, 0.25) is 0 Å². The van der Waals surface area contributed by atoms with Crippen molar-refractivity contribution in [3.63, 3.8) is 0 Å². The topological polar surface area (TPSA) is 99.3 Å². The van der Waals surface area contributed by atoms with Crippen LogP contribution in [-0.4, -0.2) is 35.3 Å². The summed E-state index contributed by atoms with van der Waals surface area (Å²) in [5.41, 5.74) is 5.21. The zero-order chi connectivity index (χ0) is 11.6. The fourth-order valence-electron chi connectivity index (χ4n) is 1.72. The molecule has 2 atom stereocenters. The number of carbonyl (C=O) groups is 2. The van der Waals surface area contributed by atoms with Crippen molar-refractivity contribution in [2.75, 3.05) is 6.54 Å².